The van der Waals surface area contributed by atoms with Crippen molar-refractivity contribution in [2.24, 2.45) is 0 Å². The number of carbonyl (C=O) groups excluding carboxylic acids is 2. The Hall–Kier alpha value is -2.74. The van der Waals surface area contributed by atoms with Crippen LogP contribution in [0, 0.1) is 0 Å². The van der Waals surface area contributed by atoms with Crippen LogP contribution in [-0.4, -0.2) is 41.5 Å². The fourth-order valence-electron chi connectivity index (χ4n) is 3.27. The van der Waals surface area contributed by atoms with Gasteiger partial charge in [0.25, 0.3) is 0 Å². The summed E-state index contributed by atoms with van der Waals surface area (Å²) >= 11 is -0.674. The van der Waals surface area contributed by atoms with Gasteiger partial charge >= 0.3 is 159 Å². The molecule has 0 unspecified atom stereocenters. The van der Waals surface area contributed by atoms with Gasteiger partial charge in [0, 0.05) is 0 Å². The van der Waals surface area contributed by atoms with Gasteiger partial charge in [0.1, 0.15) is 0 Å². The van der Waals surface area contributed by atoms with E-state index < -0.39 is 20.4 Å². The van der Waals surface area contributed by atoms with E-state index in [0.717, 1.165) is 14.5 Å². The maximum atomic E-state index is 12.5. The molecule has 4 nitrogen and oxygen atoms in total. The zero-order valence-electron chi connectivity index (χ0n) is 13.5. The summed E-state index contributed by atoms with van der Waals surface area (Å²) in [5.41, 5.74) is 2.44. The van der Waals surface area contributed by atoms with E-state index in [4.69, 9.17) is 0 Å². The summed E-state index contributed by atoms with van der Waals surface area (Å²) < 4.78 is 4.50. The summed E-state index contributed by atoms with van der Waals surface area (Å²) in [6.45, 7) is 0. The van der Waals surface area contributed by atoms with Crippen LogP contribution in [0.2, 0.25) is 0 Å². The summed E-state index contributed by atoms with van der Waals surface area (Å²) in [6, 6.07) is 15.2. The third-order valence-electron chi connectivity index (χ3n) is 4.53. The van der Waals surface area contributed by atoms with Crippen LogP contribution in [0.4, 0.5) is 0 Å². The van der Waals surface area contributed by atoms with E-state index >= 15 is 0 Å². The fourth-order valence-corrected chi connectivity index (χ4v) is 5.98. The SMILES string of the molecule is O=C1C(=Cc2ccc(-n3ccc4cnccc43)[te]2)C(=O)c2ccccc21. The van der Waals surface area contributed by atoms with Gasteiger partial charge in [-0.05, 0) is 0 Å². The number of Topliss-reactive ketones (excluding diaryl/α,β-unsaturated/α-hetero) is 2. The van der Waals surface area contributed by atoms with E-state index in [-0.39, 0.29) is 11.6 Å². The summed E-state index contributed by atoms with van der Waals surface area (Å²) in [5, 5.41) is 1.10. The van der Waals surface area contributed by atoms with E-state index in [1.165, 1.54) is 3.70 Å². The minimum absolute atomic E-state index is 0.162. The van der Waals surface area contributed by atoms with E-state index in [1.54, 1.807) is 36.5 Å². The Balaban J connectivity index is 1.55. The van der Waals surface area contributed by atoms with Crippen LogP contribution in [0.15, 0.2) is 72.7 Å². The number of aromatic nitrogens is 2. The zero-order chi connectivity index (χ0) is 17.7. The summed E-state index contributed by atoms with van der Waals surface area (Å²) in [7, 11) is 0. The molecule has 0 saturated heterocycles. The van der Waals surface area contributed by atoms with Gasteiger partial charge in [-0.25, -0.2) is 0 Å². The first-order valence-electron chi connectivity index (χ1n) is 8.14. The van der Waals surface area contributed by atoms with Crippen LogP contribution < -0.4 is 0 Å². The predicted molar refractivity (Wildman–Crippen MR) is 101 cm³/mol. The molecule has 26 heavy (non-hydrogen) atoms. The summed E-state index contributed by atoms with van der Waals surface area (Å²) in [6.07, 6.45) is 7.49. The number of ketones is 2. The van der Waals surface area contributed by atoms with Crippen LogP contribution in [0.1, 0.15) is 24.3 Å². The molecule has 0 radical (unpaired) electrons. The van der Waals surface area contributed by atoms with Gasteiger partial charge in [0.05, 0.1) is 0 Å². The molecule has 0 fully saturated rings. The van der Waals surface area contributed by atoms with Gasteiger partial charge in [0.15, 0.2) is 0 Å². The van der Waals surface area contributed by atoms with Crippen LogP contribution in [0.3, 0.4) is 0 Å². The molecule has 0 N–H and O–H groups in total. The second kappa shape index (κ2) is 5.91. The van der Waals surface area contributed by atoms with Crippen molar-refractivity contribution in [2.75, 3.05) is 0 Å². The molecule has 0 saturated carbocycles. The molecule has 5 rings (SSSR count). The third-order valence-corrected chi connectivity index (χ3v) is 7.48. The molecule has 3 aromatic heterocycles. The number of allylic oxidation sites excluding steroid dienone is 1. The quantitative estimate of drug-likeness (QED) is 0.266. The summed E-state index contributed by atoms with van der Waals surface area (Å²) in [4.78, 5) is 29.3. The Morgan fingerprint density at radius 2 is 1.69 bits per heavy atom. The predicted octanol–water partition coefficient (Wildman–Crippen LogP) is 3.55. The van der Waals surface area contributed by atoms with Gasteiger partial charge in [-0.15, -0.1) is 0 Å². The Morgan fingerprint density at radius 1 is 0.923 bits per heavy atom. The molecular weight excluding hydrogens is 440 g/mol. The monoisotopic (exact) mass is 454 g/mol. The van der Waals surface area contributed by atoms with Crippen molar-refractivity contribution < 1.29 is 9.59 Å². The summed E-state index contributed by atoms with van der Waals surface area (Å²) in [5.74, 6) is -0.324. The van der Waals surface area contributed by atoms with E-state index in [0.29, 0.717) is 16.7 Å². The van der Waals surface area contributed by atoms with Crippen molar-refractivity contribution in [1.29, 1.82) is 0 Å². The number of nitrogens with zero attached hydrogens (tertiary/aromatic N) is 2. The Kier molecular flexibility index (Phi) is 3.53. The Bertz CT molecular complexity index is 1190. The third kappa shape index (κ3) is 2.33. The Morgan fingerprint density at radius 3 is 2.46 bits per heavy atom. The average molecular weight is 452 g/mol. The number of pyridine rings is 1. The maximum absolute atomic E-state index is 12.5. The number of hydrogen-bond donors (Lipinski definition) is 0. The van der Waals surface area contributed by atoms with Crippen LogP contribution in [-0.2, 0) is 0 Å². The van der Waals surface area contributed by atoms with Crippen molar-refractivity contribution in [2.45, 2.75) is 0 Å². The van der Waals surface area contributed by atoms with Crippen molar-refractivity contribution in [3.63, 3.8) is 0 Å². The fraction of sp³-hybridized carbons (Fsp3) is 0. The van der Waals surface area contributed by atoms with Crippen LogP contribution in [0.25, 0.3) is 20.7 Å². The van der Waals surface area contributed by atoms with Gasteiger partial charge in [-0.3, -0.25) is 0 Å². The van der Waals surface area contributed by atoms with Gasteiger partial charge in [0.2, 0.25) is 0 Å². The minimum atomic E-state index is -0.674. The van der Waals surface area contributed by atoms with Gasteiger partial charge < -0.3 is 0 Å². The molecular formula is C21H12N2O2Te. The van der Waals surface area contributed by atoms with E-state index in [2.05, 4.69) is 21.8 Å². The molecule has 0 amide bonds. The first-order valence-corrected chi connectivity index (χ1v) is 10.5. The first kappa shape index (κ1) is 15.5. The number of carbonyl (C=O) groups is 2. The van der Waals surface area contributed by atoms with Crippen LogP contribution in [0.5, 0.6) is 0 Å². The average Bonchev–Trinajstić information content (AvgIpc) is 3.36. The van der Waals surface area contributed by atoms with Gasteiger partial charge in [-0.2, -0.15) is 0 Å². The first-order chi connectivity index (χ1) is 12.7. The second-order valence-corrected chi connectivity index (χ2v) is 9.18. The molecule has 1 aromatic carbocycles. The zero-order valence-corrected chi connectivity index (χ0v) is 15.9. The Labute approximate surface area is 159 Å². The van der Waals surface area contributed by atoms with Crippen molar-refractivity contribution in [3.05, 3.63) is 87.4 Å². The topological polar surface area (TPSA) is 52.0 Å². The molecule has 0 bridgehead atoms. The van der Waals surface area contributed by atoms with E-state index in [1.807, 2.05) is 24.4 Å². The number of benzene rings is 1. The number of rotatable bonds is 2. The molecule has 1 aliphatic rings. The van der Waals surface area contributed by atoms with Crippen molar-refractivity contribution in [3.8, 4) is 3.70 Å². The molecule has 0 aliphatic heterocycles. The van der Waals surface area contributed by atoms with Crippen molar-refractivity contribution >= 4 is 49.0 Å². The number of fused-ring (bicyclic) bond motifs is 2. The van der Waals surface area contributed by atoms with E-state index in [9.17, 15) is 9.59 Å². The molecule has 5 heteroatoms. The second-order valence-electron chi connectivity index (χ2n) is 6.06. The normalized spacial score (nSPS) is 13.5. The molecule has 0 atom stereocenters. The molecule has 3 heterocycles. The van der Waals surface area contributed by atoms with Crippen molar-refractivity contribution in [1.82, 2.24) is 9.55 Å². The molecule has 4 aromatic rings. The molecule has 1 aliphatic carbocycles. The van der Waals surface area contributed by atoms with Gasteiger partial charge in [-0.1, -0.05) is 0 Å². The molecule has 124 valence electrons. The van der Waals surface area contributed by atoms with Crippen LogP contribution >= 0.6 is 0 Å². The molecule has 0 spiro atoms. The number of hydrogen-bond acceptors (Lipinski definition) is 3. The standard InChI is InChI=1S/C21H12N2O2Te/c24-20-15-3-1-2-4-16(15)21(25)17(20)11-14-5-6-19(26-14)23-10-8-13-12-22-9-7-18(13)23/h1-12H.